The van der Waals surface area contributed by atoms with Gasteiger partial charge in [-0.3, -0.25) is 0 Å². The fraction of sp³-hybridized carbons (Fsp3) is 0.923. The highest BCUT2D eigenvalue weighted by Crippen LogP contribution is 2.13. The van der Waals surface area contributed by atoms with E-state index >= 15 is 0 Å². The number of likely N-dealkylation sites (tertiary alicyclic amines) is 1. The van der Waals surface area contributed by atoms with Crippen LogP contribution in [-0.2, 0) is 0 Å². The predicted octanol–water partition coefficient (Wildman–Crippen LogP) is 1.62. The smallest absolute Gasteiger partial charge is 0.320 e. The van der Waals surface area contributed by atoms with Gasteiger partial charge in [0, 0.05) is 39.3 Å². The van der Waals surface area contributed by atoms with Gasteiger partial charge < -0.3 is 14.7 Å². The van der Waals surface area contributed by atoms with Crippen molar-refractivity contribution in [2.75, 3.05) is 46.3 Å². The van der Waals surface area contributed by atoms with Crippen molar-refractivity contribution in [3.63, 3.8) is 0 Å². The van der Waals surface area contributed by atoms with Gasteiger partial charge in [-0.1, -0.05) is 19.3 Å². The minimum atomic E-state index is 0.278. The second kappa shape index (κ2) is 6.24. The Kier molecular flexibility index (Phi) is 4.66. The number of carbonyl (C=O) groups excluding carboxylic acids is 1. The number of rotatable bonds is 0. The van der Waals surface area contributed by atoms with Gasteiger partial charge in [0.2, 0.25) is 0 Å². The van der Waals surface area contributed by atoms with Crippen LogP contribution in [0.15, 0.2) is 0 Å². The zero-order chi connectivity index (χ0) is 12.1. The second-order valence-corrected chi connectivity index (χ2v) is 5.33. The van der Waals surface area contributed by atoms with E-state index < -0.39 is 0 Å². The van der Waals surface area contributed by atoms with E-state index in [1.807, 2.05) is 4.90 Å². The van der Waals surface area contributed by atoms with Gasteiger partial charge in [0.25, 0.3) is 0 Å². The standard InChI is InChI=1S/C13H25N3O/c1-14-9-11-16(12-10-14)13(17)15-7-5-3-2-4-6-8-15/h2-12H2,1H3. The van der Waals surface area contributed by atoms with E-state index in [1.165, 1.54) is 32.1 Å². The number of hydrogen-bond acceptors (Lipinski definition) is 2. The first-order chi connectivity index (χ1) is 8.27. The maximum Gasteiger partial charge on any atom is 0.320 e. The van der Waals surface area contributed by atoms with Crippen molar-refractivity contribution in [1.29, 1.82) is 0 Å². The second-order valence-electron chi connectivity index (χ2n) is 5.33. The summed E-state index contributed by atoms with van der Waals surface area (Å²) >= 11 is 0. The summed E-state index contributed by atoms with van der Waals surface area (Å²) in [7, 11) is 2.12. The van der Waals surface area contributed by atoms with Crippen LogP contribution >= 0.6 is 0 Å². The zero-order valence-electron chi connectivity index (χ0n) is 11.0. The topological polar surface area (TPSA) is 26.8 Å². The zero-order valence-corrected chi connectivity index (χ0v) is 11.0. The van der Waals surface area contributed by atoms with Gasteiger partial charge >= 0.3 is 6.03 Å². The van der Waals surface area contributed by atoms with Gasteiger partial charge in [-0.15, -0.1) is 0 Å². The number of amides is 2. The number of likely N-dealkylation sites (N-methyl/N-ethyl adjacent to an activating group) is 1. The van der Waals surface area contributed by atoms with Crippen LogP contribution in [-0.4, -0.2) is 67.0 Å². The molecule has 0 aromatic carbocycles. The van der Waals surface area contributed by atoms with E-state index in [2.05, 4.69) is 16.8 Å². The van der Waals surface area contributed by atoms with Crippen molar-refractivity contribution in [3.8, 4) is 0 Å². The van der Waals surface area contributed by atoms with E-state index in [-0.39, 0.29) is 6.03 Å². The molecule has 0 spiro atoms. The average molecular weight is 239 g/mol. The summed E-state index contributed by atoms with van der Waals surface area (Å²) in [6.07, 6.45) is 6.27. The molecule has 0 aromatic heterocycles. The highest BCUT2D eigenvalue weighted by Gasteiger charge is 2.23. The van der Waals surface area contributed by atoms with Crippen LogP contribution in [0.25, 0.3) is 0 Å². The first-order valence-electron chi connectivity index (χ1n) is 7.00. The Morgan fingerprint density at radius 3 is 1.76 bits per heavy atom. The third kappa shape index (κ3) is 3.60. The Morgan fingerprint density at radius 1 is 0.706 bits per heavy atom. The molecule has 17 heavy (non-hydrogen) atoms. The van der Waals surface area contributed by atoms with E-state index in [0.29, 0.717) is 0 Å². The fourth-order valence-electron chi connectivity index (χ4n) is 2.64. The molecule has 98 valence electrons. The molecule has 4 nitrogen and oxygen atoms in total. The molecule has 2 fully saturated rings. The Hall–Kier alpha value is -0.770. The van der Waals surface area contributed by atoms with Crippen molar-refractivity contribution in [2.45, 2.75) is 32.1 Å². The molecule has 0 bridgehead atoms. The molecule has 0 atom stereocenters. The molecule has 0 aromatic rings. The number of hydrogen-bond donors (Lipinski definition) is 0. The molecule has 2 aliphatic rings. The molecule has 2 aliphatic heterocycles. The monoisotopic (exact) mass is 239 g/mol. The van der Waals surface area contributed by atoms with Crippen LogP contribution in [0.3, 0.4) is 0 Å². The van der Waals surface area contributed by atoms with Crippen LogP contribution in [0, 0.1) is 0 Å². The summed E-state index contributed by atoms with van der Waals surface area (Å²) in [5.74, 6) is 0. The van der Waals surface area contributed by atoms with Crippen LogP contribution in [0.1, 0.15) is 32.1 Å². The molecule has 0 N–H and O–H groups in total. The van der Waals surface area contributed by atoms with E-state index in [4.69, 9.17) is 0 Å². The molecule has 0 aliphatic carbocycles. The van der Waals surface area contributed by atoms with Gasteiger partial charge in [-0.25, -0.2) is 4.79 Å². The summed E-state index contributed by atoms with van der Waals surface area (Å²) in [4.78, 5) is 18.8. The lowest BCUT2D eigenvalue weighted by Crippen LogP contribution is -2.52. The van der Waals surface area contributed by atoms with Crippen molar-refractivity contribution in [1.82, 2.24) is 14.7 Å². The van der Waals surface area contributed by atoms with E-state index in [9.17, 15) is 4.79 Å². The van der Waals surface area contributed by atoms with Gasteiger partial charge in [0.15, 0.2) is 0 Å². The molecular weight excluding hydrogens is 214 g/mol. The third-order valence-corrected chi connectivity index (χ3v) is 3.90. The van der Waals surface area contributed by atoms with Gasteiger partial charge in [0.1, 0.15) is 0 Å². The van der Waals surface area contributed by atoms with Crippen molar-refractivity contribution >= 4 is 6.03 Å². The molecular formula is C13H25N3O. The Bertz CT molecular complexity index is 241. The maximum absolute atomic E-state index is 12.4. The first kappa shape index (κ1) is 12.7. The Labute approximate surface area is 105 Å². The van der Waals surface area contributed by atoms with E-state index in [1.54, 1.807) is 0 Å². The highest BCUT2D eigenvalue weighted by atomic mass is 16.2. The molecule has 2 rings (SSSR count). The SMILES string of the molecule is CN1CCN(C(=O)N2CCCCCCC2)CC1. The maximum atomic E-state index is 12.4. The van der Waals surface area contributed by atoms with Gasteiger partial charge in [-0.05, 0) is 19.9 Å². The van der Waals surface area contributed by atoms with Crippen LogP contribution in [0.2, 0.25) is 0 Å². The van der Waals surface area contributed by atoms with Gasteiger partial charge in [0.05, 0.1) is 0 Å². The lowest BCUT2D eigenvalue weighted by atomic mass is 10.1. The number of piperazine rings is 1. The first-order valence-corrected chi connectivity index (χ1v) is 7.00. The summed E-state index contributed by atoms with van der Waals surface area (Å²) in [5.41, 5.74) is 0. The summed E-state index contributed by atoms with van der Waals surface area (Å²) in [6.45, 7) is 5.74. The largest absolute Gasteiger partial charge is 0.325 e. The molecule has 0 radical (unpaired) electrons. The fourth-order valence-corrected chi connectivity index (χ4v) is 2.64. The van der Waals surface area contributed by atoms with E-state index in [0.717, 1.165) is 39.3 Å². The molecule has 0 saturated carbocycles. The molecule has 2 amide bonds. The summed E-state index contributed by atoms with van der Waals surface area (Å²) in [6, 6.07) is 0.278. The minimum Gasteiger partial charge on any atom is -0.325 e. The molecule has 2 heterocycles. The number of urea groups is 1. The quantitative estimate of drug-likeness (QED) is 0.642. The Balaban J connectivity index is 1.84. The number of nitrogens with zero attached hydrogens (tertiary/aromatic N) is 3. The van der Waals surface area contributed by atoms with Crippen molar-refractivity contribution in [3.05, 3.63) is 0 Å². The summed E-state index contributed by atoms with van der Waals surface area (Å²) < 4.78 is 0. The van der Waals surface area contributed by atoms with Crippen LogP contribution in [0.5, 0.6) is 0 Å². The molecule has 4 heteroatoms. The summed E-state index contributed by atoms with van der Waals surface area (Å²) in [5, 5.41) is 0. The predicted molar refractivity (Wildman–Crippen MR) is 69.1 cm³/mol. The average Bonchev–Trinajstić information content (AvgIpc) is 2.29. The van der Waals surface area contributed by atoms with Gasteiger partial charge in [-0.2, -0.15) is 0 Å². The Morgan fingerprint density at radius 2 is 1.18 bits per heavy atom. The van der Waals surface area contributed by atoms with Crippen LogP contribution < -0.4 is 0 Å². The lowest BCUT2D eigenvalue weighted by molar-refractivity contribution is 0.119. The molecule has 0 unspecified atom stereocenters. The lowest BCUT2D eigenvalue weighted by Gasteiger charge is -2.36. The van der Waals surface area contributed by atoms with Crippen molar-refractivity contribution < 1.29 is 4.79 Å². The minimum absolute atomic E-state index is 0.278. The van der Waals surface area contributed by atoms with Crippen molar-refractivity contribution in [2.24, 2.45) is 0 Å². The highest BCUT2D eigenvalue weighted by molar-refractivity contribution is 5.74. The number of carbonyl (C=O) groups is 1. The molecule has 2 saturated heterocycles. The van der Waals surface area contributed by atoms with Crippen LogP contribution in [0.4, 0.5) is 4.79 Å². The third-order valence-electron chi connectivity index (χ3n) is 3.90. The normalized spacial score (nSPS) is 24.3.